The van der Waals surface area contributed by atoms with Crippen molar-refractivity contribution in [1.82, 2.24) is 0 Å². The maximum atomic E-state index is 14.6. The van der Waals surface area contributed by atoms with E-state index < -0.39 is 53.1 Å². The standard InChI is InChI=1S/C26H28F8O2/c1-2-3-4-15-5-7-16(8-6-15)9-10-17-11-19(27)23(20(28)12-17)26(33,34)36-18-13-21(29)24(22(30)14-18)35-25(31)32/h11-16,25H,2-10H2,1H3/t15-,16-. The molecule has 2 aromatic carbocycles. The maximum absolute atomic E-state index is 14.6. The average Bonchev–Trinajstić information content (AvgIpc) is 2.78. The van der Waals surface area contributed by atoms with E-state index in [9.17, 15) is 35.1 Å². The van der Waals surface area contributed by atoms with Gasteiger partial charge in [-0.2, -0.15) is 17.6 Å². The van der Waals surface area contributed by atoms with E-state index in [2.05, 4.69) is 16.4 Å². The number of benzene rings is 2. The van der Waals surface area contributed by atoms with Gasteiger partial charge in [-0.25, -0.2) is 17.6 Å². The van der Waals surface area contributed by atoms with Crippen molar-refractivity contribution in [2.24, 2.45) is 11.8 Å². The van der Waals surface area contributed by atoms with Crippen LogP contribution in [0.15, 0.2) is 24.3 Å². The number of hydrogen-bond acceptors (Lipinski definition) is 2. The van der Waals surface area contributed by atoms with Crippen LogP contribution in [0.2, 0.25) is 0 Å². The average molecular weight is 524 g/mol. The number of hydrogen-bond donors (Lipinski definition) is 0. The summed E-state index contributed by atoms with van der Waals surface area (Å²) >= 11 is 0. The van der Waals surface area contributed by atoms with E-state index in [1.807, 2.05) is 0 Å². The van der Waals surface area contributed by atoms with Crippen LogP contribution in [0, 0.1) is 35.1 Å². The van der Waals surface area contributed by atoms with Crippen molar-refractivity contribution in [3.63, 3.8) is 0 Å². The molecule has 0 radical (unpaired) electrons. The van der Waals surface area contributed by atoms with Gasteiger partial charge in [0.25, 0.3) is 0 Å². The first-order chi connectivity index (χ1) is 17.0. The van der Waals surface area contributed by atoms with Crippen LogP contribution in [-0.4, -0.2) is 6.61 Å². The molecular weight excluding hydrogens is 496 g/mol. The summed E-state index contributed by atoms with van der Waals surface area (Å²) in [6.45, 7) is -1.41. The summed E-state index contributed by atoms with van der Waals surface area (Å²) in [6.07, 6.45) is 4.21. The number of halogens is 8. The Hall–Kier alpha value is -2.52. The van der Waals surface area contributed by atoms with Crippen LogP contribution in [0.25, 0.3) is 0 Å². The zero-order chi connectivity index (χ0) is 26.5. The van der Waals surface area contributed by atoms with Gasteiger partial charge in [0, 0.05) is 12.1 Å². The smallest absolute Gasteiger partial charge is 0.429 e. The van der Waals surface area contributed by atoms with E-state index in [-0.39, 0.29) is 17.7 Å². The van der Waals surface area contributed by atoms with E-state index >= 15 is 0 Å². The van der Waals surface area contributed by atoms with E-state index in [4.69, 9.17) is 0 Å². The summed E-state index contributed by atoms with van der Waals surface area (Å²) in [4.78, 5) is 0. The molecule has 10 heteroatoms. The fraction of sp³-hybridized carbons (Fsp3) is 0.538. The van der Waals surface area contributed by atoms with E-state index in [0.29, 0.717) is 24.7 Å². The lowest BCUT2D eigenvalue weighted by Gasteiger charge is -2.28. The minimum atomic E-state index is -4.65. The van der Waals surface area contributed by atoms with Gasteiger partial charge in [0.15, 0.2) is 17.4 Å². The highest BCUT2D eigenvalue weighted by Crippen LogP contribution is 2.38. The minimum absolute atomic E-state index is 0.149. The third-order valence-corrected chi connectivity index (χ3v) is 6.59. The van der Waals surface area contributed by atoms with E-state index in [1.165, 1.54) is 12.8 Å². The largest absolute Gasteiger partial charge is 0.432 e. The second-order valence-electron chi connectivity index (χ2n) is 9.22. The summed E-state index contributed by atoms with van der Waals surface area (Å²) in [5, 5.41) is 0. The van der Waals surface area contributed by atoms with Crippen molar-refractivity contribution < 1.29 is 44.6 Å². The Morgan fingerprint density at radius 1 is 0.833 bits per heavy atom. The summed E-state index contributed by atoms with van der Waals surface area (Å²) in [5.41, 5.74) is -1.51. The number of alkyl halides is 4. The van der Waals surface area contributed by atoms with Crippen molar-refractivity contribution in [1.29, 1.82) is 0 Å². The van der Waals surface area contributed by atoms with Crippen molar-refractivity contribution in [2.45, 2.75) is 77.4 Å². The maximum Gasteiger partial charge on any atom is 0.432 e. The fourth-order valence-corrected chi connectivity index (χ4v) is 4.72. The molecule has 2 nitrogen and oxygen atoms in total. The second kappa shape index (κ2) is 12.1. The fourth-order valence-electron chi connectivity index (χ4n) is 4.72. The number of aryl methyl sites for hydroxylation is 1. The van der Waals surface area contributed by atoms with E-state index in [0.717, 1.165) is 44.2 Å². The van der Waals surface area contributed by atoms with Gasteiger partial charge in [0.1, 0.15) is 22.9 Å². The lowest BCUT2D eigenvalue weighted by Crippen LogP contribution is -2.25. The quantitative estimate of drug-likeness (QED) is 0.273. The SMILES string of the molecule is CCCC[C@H]1CC[C@H](CCc2cc(F)c(C(F)(F)Oc3cc(F)c(OC(F)F)c(F)c3)c(F)c2)CC1. The third kappa shape index (κ3) is 7.26. The predicted octanol–water partition coefficient (Wildman–Crippen LogP) is 8.90. The Labute approximate surface area is 204 Å². The summed E-state index contributed by atoms with van der Waals surface area (Å²) in [7, 11) is 0. The molecule has 2 aromatic rings. The first-order valence-corrected chi connectivity index (χ1v) is 12.0. The number of unbranched alkanes of at least 4 members (excludes halogenated alkanes) is 1. The highest BCUT2D eigenvalue weighted by Gasteiger charge is 2.41. The van der Waals surface area contributed by atoms with Gasteiger partial charge in [-0.05, 0) is 42.4 Å². The van der Waals surface area contributed by atoms with Gasteiger partial charge < -0.3 is 9.47 Å². The van der Waals surface area contributed by atoms with Gasteiger partial charge >= 0.3 is 12.7 Å². The van der Waals surface area contributed by atoms with Crippen molar-refractivity contribution in [2.75, 3.05) is 0 Å². The Morgan fingerprint density at radius 2 is 1.36 bits per heavy atom. The molecule has 36 heavy (non-hydrogen) atoms. The first-order valence-electron chi connectivity index (χ1n) is 12.0. The van der Waals surface area contributed by atoms with Gasteiger partial charge in [-0.3, -0.25) is 0 Å². The first kappa shape index (κ1) is 28.1. The molecule has 0 saturated heterocycles. The Bertz CT molecular complexity index is 973. The number of ether oxygens (including phenoxy) is 2. The molecule has 0 unspecified atom stereocenters. The van der Waals surface area contributed by atoms with Crippen LogP contribution in [0.5, 0.6) is 11.5 Å². The molecule has 0 amide bonds. The van der Waals surface area contributed by atoms with Crippen LogP contribution in [-0.2, 0) is 12.5 Å². The molecule has 0 spiro atoms. The van der Waals surface area contributed by atoms with Crippen molar-refractivity contribution in [3.8, 4) is 11.5 Å². The molecule has 0 N–H and O–H groups in total. The van der Waals surface area contributed by atoms with Crippen molar-refractivity contribution in [3.05, 3.63) is 58.7 Å². The molecule has 1 aliphatic rings. The van der Waals surface area contributed by atoms with Gasteiger partial charge in [-0.1, -0.05) is 51.9 Å². The van der Waals surface area contributed by atoms with Crippen molar-refractivity contribution >= 4 is 0 Å². The lowest BCUT2D eigenvalue weighted by molar-refractivity contribution is -0.189. The molecular formula is C26H28F8O2. The van der Waals surface area contributed by atoms with E-state index in [1.54, 1.807) is 0 Å². The summed E-state index contributed by atoms with van der Waals surface area (Å²) < 4.78 is 118. The van der Waals surface area contributed by atoms with Crippen LogP contribution < -0.4 is 9.47 Å². The Balaban J connectivity index is 1.66. The molecule has 0 bridgehead atoms. The van der Waals surface area contributed by atoms with Gasteiger partial charge in [0.05, 0.1) is 0 Å². The number of rotatable bonds is 11. The molecule has 0 atom stereocenters. The van der Waals surface area contributed by atoms with Crippen LogP contribution in [0.3, 0.4) is 0 Å². The zero-order valence-corrected chi connectivity index (χ0v) is 19.7. The topological polar surface area (TPSA) is 18.5 Å². The van der Waals surface area contributed by atoms with Crippen LogP contribution in [0.4, 0.5) is 35.1 Å². The third-order valence-electron chi connectivity index (χ3n) is 6.59. The molecule has 1 aliphatic carbocycles. The Kier molecular flexibility index (Phi) is 9.47. The molecule has 200 valence electrons. The molecule has 1 fully saturated rings. The highest BCUT2D eigenvalue weighted by atomic mass is 19.3. The predicted molar refractivity (Wildman–Crippen MR) is 117 cm³/mol. The Morgan fingerprint density at radius 3 is 1.86 bits per heavy atom. The monoisotopic (exact) mass is 524 g/mol. The summed E-state index contributed by atoms with van der Waals surface area (Å²) in [5.74, 6) is -8.21. The second-order valence-corrected chi connectivity index (χ2v) is 9.22. The van der Waals surface area contributed by atoms with Gasteiger partial charge in [-0.15, -0.1) is 0 Å². The molecule has 0 heterocycles. The molecule has 1 saturated carbocycles. The van der Waals surface area contributed by atoms with Gasteiger partial charge in [0.2, 0.25) is 0 Å². The summed E-state index contributed by atoms with van der Waals surface area (Å²) in [6, 6.07) is 1.89. The molecule has 0 aliphatic heterocycles. The molecule has 3 rings (SSSR count). The zero-order valence-electron chi connectivity index (χ0n) is 19.7. The molecule has 0 aromatic heterocycles. The highest BCUT2D eigenvalue weighted by molar-refractivity contribution is 5.36. The van der Waals surface area contributed by atoms with Crippen LogP contribution in [0.1, 0.15) is 69.4 Å². The van der Waals surface area contributed by atoms with Crippen LogP contribution >= 0.6 is 0 Å². The lowest BCUT2D eigenvalue weighted by atomic mass is 9.78. The normalized spacial score (nSPS) is 18.5. The minimum Gasteiger partial charge on any atom is -0.429 e.